The van der Waals surface area contributed by atoms with Crippen molar-refractivity contribution in [2.24, 2.45) is 0 Å². The van der Waals surface area contributed by atoms with Crippen LogP contribution >= 0.6 is 0 Å². The quantitative estimate of drug-likeness (QED) is 0.581. The van der Waals surface area contributed by atoms with Crippen molar-refractivity contribution in [2.75, 3.05) is 19.7 Å². The zero-order valence-corrected chi connectivity index (χ0v) is 15.2. The lowest BCUT2D eigenvalue weighted by atomic mass is 9.94. The molecule has 0 amide bonds. The van der Waals surface area contributed by atoms with Crippen molar-refractivity contribution < 1.29 is 14.3 Å². The molecule has 0 atom stereocenters. The number of hydrogen-bond acceptors (Lipinski definition) is 4. The number of carbonyl (C=O) groups excluding carboxylic acids is 2. The number of rotatable bonds is 6. The summed E-state index contributed by atoms with van der Waals surface area (Å²) in [4.78, 5) is 27.8. The van der Waals surface area contributed by atoms with Gasteiger partial charge in [0.05, 0.1) is 12.2 Å². The van der Waals surface area contributed by atoms with Gasteiger partial charge in [0.2, 0.25) is 0 Å². The molecular formula is C22H25NO3. The molecule has 1 saturated heterocycles. The maximum absolute atomic E-state index is 13.2. The van der Waals surface area contributed by atoms with Crippen LogP contribution in [0.15, 0.2) is 48.5 Å². The minimum absolute atomic E-state index is 0.124. The van der Waals surface area contributed by atoms with Crippen LogP contribution in [0.4, 0.5) is 0 Å². The van der Waals surface area contributed by atoms with Gasteiger partial charge in [-0.2, -0.15) is 0 Å². The Kier molecular flexibility index (Phi) is 6.18. The molecule has 0 aromatic heterocycles. The molecule has 0 bridgehead atoms. The van der Waals surface area contributed by atoms with Crippen LogP contribution < -0.4 is 0 Å². The number of benzene rings is 2. The third-order valence-electron chi connectivity index (χ3n) is 4.77. The maximum Gasteiger partial charge on any atom is 0.338 e. The summed E-state index contributed by atoms with van der Waals surface area (Å²) >= 11 is 0. The second-order valence-electron chi connectivity index (χ2n) is 6.59. The van der Waals surface area contributed by atoms with Gasteiger partial charge in [-0.05, 0) is 44.5 Å². The molecule has 0 spiro atoms. The summed E-state index contributed by atoms with van der Waals surface area (Å²) in [6.45, 7) is 4.95. The summed E-state index contributed by atoms with van der Waals surface area (Å²) in [6, 6.07) is 14.6. The summed E-state index contributed by atoms with van der Waals surface area (Å²) < 4.78 is 5.11. The summed E-state index contributed by atoms with van der Waals surface area (Å²) in [5, 5.41) is 0. The van der Waals surface area contributed by atoms with E-state index in [0.717, 1.165) is 25.2 Å². The fraction of sp³-hybridized carbons (Fsp3) is 0.364. The van der Waals surface area contributed by atoms with Crippen LogP contribution in [0, 0.1) is 0 Å². The van der Waals surface area contributed by atoms with Crippen molar-refractivity contribution in [1.29, 1.82) is 0 Å². The summed E-state index contributed by atoms with van der Waals surface area (Å²) in [5.74, 6) is -0.578. The van der Waals surface area contributed by atoms with Crippen LogP contribution in [0.5, 0.6) is 0 Å². The molecule has 1 heterocycles. The first kappa shape index (κ1) is 18.3. The van der Waals surface area contributed by atoms with Gasteiger partial charge in [0, 0.05) is 17.7 Å². The van der Waals surface area contributed by atoms with Crippen LogP contribution in [0.25, 0.3) is 0 Å². The van der Waals surface area contributed by atoms with Crippen molar-refractivity contribution in [1.82, 2.24) is 4.90 Å². The number of hydrogen-bond donors (Lipinski definition) is 0. The Morgan fingerprint density at radius 1 is 0.885 bits per heavy atom. The van der Waals surface area contributed by atoms with Crippen LogP contribution in [-0.4, -0.2) is 36.3 Å². The average molecular weight is 351 g/mol. The molecule has 2 aromatic carbocycles. The molecule has 4 heteroatoms. The molecule has 2 aromatic rings. The normalized spacial score (nSPS) is 14.8. The van der Waals surface area contributed by atoms with E-state index in [2.05, 4.69) is 4.90 Å². The van der Waals surface area contributed by atoms with Gasteiger partial charge in [-0.3, -0.25) is 9.69 Å². The summed E-state index contributed by atoms with van der Waals surface area (Å²) in [6.07, 6.45) is 3.70. The Bertz CT molecular complexity index is 778. The van der Waals surface area contributed by atoms with E-state index in [0.29, 0.717) is 16.7 Å². The lowest BCUT2D eigenvalue weighted by molar-refractivity contribution is 0.0523. The van der Waals surface area contributed by atoms with Gasteiger partial charge in [-0.1, -0.05) is 48.9 Å². The van der Waals surface area contributed by atoms with E-state index in [-0.39, 0.29) is 12.4 Å². The monoisotopic (exact) mass is 351 g/mol. The van der Waals surface area contributed by atoms with E-state index in [9.17, 15) is 9.59 Å². The largest absolute Gasteiger partial charge is 0.462 e. The first-order valence-corrected chi connectivity index (χ1v) is 9.32. The van der Waals surface area contributed by atoms with Gasteiger partial charge < -0.3 is 4.74 Å². The van der Waals surface area contributed by atoms with E-state index < -0.39 is 5.97 Å². The Labute approximate surface area is 154 Å². The predicted octanol–water partition coefficient (Wildman–Crippen LogP) is 4.08. The molecule has 1 aliphatic heterocycles. The minimum Gasteiger partial charge on any atom is -0.462 e. The molecule has 26 heavy (non-hydrogen) atoms. The standard InChI is InChI=1S/C22H25NO3/c1-2-26-22(25)20-13-7-6-12-19(20)21(24)18-11-5-4-10-17(18)16-23-14-8-3-9-15-23/h4-7,10-13H,2-3,8-9,14-16H2,1H3. The van der Waals surface area contributed by atoms with Crippen LogP contribution in [-0.2, 0) is 11.3 Å². The van der Waals surface area contributed by atoms with Gasteiger partial charge in [0.1, 0.15) is 0 Å². The lowest BCUT2D eigenvalue weighted by Crippen LogP contribution is -2.29. The molecule has 4 nitrogen and oxygen atoms in total. The van der Waals surface area contributed by atoms with E-state index in [1.54, 1.807) is 31.2 Å². The second kappa shape index (κ2) is 8.77. The summed E-state index contributed by atoms with van der Waals surface area (Å²) in [7, 11) is 0. The minimum atomic E-state index is -0.454. The third kappa shape index (κ3) is 4.20. The number of ether oxygens (including phenoxy) is 1. The molecule has 3 rings (SSSR count). The average Bonchev–Trinajstić information content (AvgIpc) is 2.69. The molecular weight excluding hydrogens is 326 g/mol. The predicted molar refractivity (Wildman–Crippen MR) is 101 cm³/mol. The van der Waals surface area contributed by atoms with Crippen molar-refractivity contribution >= 4 is 11.8 Å². The first-order chi connectivity index (χ1) is 12.7. The molecule has 0 N–H and O–H groups in total. The molecule has 136 valence electrons. The number of piperidine rings is 1. The van der Waals surface area contributed by atoms with E-state index in [1.807, 2.05) is 24.3 Å². The molecule has 0 aliphatic carbocycles. The Morgan fingerprint density at radius 3 is 2.19 bits per heavy atom. The Hall–Kier alpha value is -2.46. The second-order valence-corrected chi connectivity index (χ2v) is 6.59. The molecule has 1 aliphatic rings. The van der Waals surface area contributed by atoms with Crippen molar-refractivity contribution in [3.8, 4) is 0 Å². The van der Waals surface area contributed by atoms with E-state index in [4.69, 9.17) is 4.74 Å². The number of likely N-dealkylation sites (tertiary alicyclic amines) is 1. The third-order valence-corrected chi connectivity index (χ3v) is 4.77. The molecule has 0 unspecified atom stereocenters. The number of ketones is 1. The highest BCUT2D eigenvalue weighted by Gasteiger charge is 2.21. The van der Waals surface area contributed by atoms with Crippen LogP contribution in [0.1, 0.15) is 58.0 Å². The molecule has 0 saturated carbocycles. The summed E-state index contributed by atoms with van der Waals surface area (Å²) in [5.41, 5.74) is 2.40. The van der Waals surface area contributed by atoms with Gasteiger partial charge in [-0.15, -0.1) is 0 Å². The molecule has 1 fully saturated rings. The fourth-order valence-corrected chi connectivity index (χ4v) is 3.45. The van der Waals surface area contributed by atoms with Crippen LogP contribution in [0.2, 0.25) is 0 Å². The fourth-order valence-electron chi connectivity index (χ4n) is 3.45. The number of esters is 1. The topological polar surface area (TPSA) is 46.6 Å². The van der Waals surface area contributed by atoms with E-state index >= 15 is 0 Å². The van der Waals surface area contributed by atoms with Crippen LogP contribution in [0.3, 0.4) is 0 Å². The molecule has 0 radical (unpaired) electrons. The lowest BCUT2D eigenvalue weighted by Gasteiger charge is -2.27. The van der Waals surface area contributed by atoms with E-state index in [1.165, 1.54) is 19.3 Å². The van der Waals surface area contributed by atoms with Crippen molar-refractivity contribution in [3.63, 3.8) is 0 Å². The highest BCUT2D eigenvalue weighted by Crippen LogP contribution is 2.21. The number of nitrogens with zero attached hydrogens (tertiary/aromatic N) is 1. The number of carbonyl (C=O) groups is 2. The smallest absolute Gasteiger partial charge is 0.338 e. The van der Waals surface area contributed by atoms with Gasteiger partial charge in [-0.25, -0.2) is 4.79 Å². The van der Waals surface area contributed by atoms with Crippen molar-refractivity contribution in [2.45, 2.75) is 32.7 Å². The zero-order valence-electron chi connectivity index (χ0n) is 15.2. The van der Waals surface area contributed by atoms with Crippen molar-refractivity contribution in [3.05, 3.63) is 70.8 Å². The van der Waals surface area contributed by atoms with Gasteiger partial charge in [0.15, 0.2) is 5.78 Å². The Balaban J connectivity index is 1.90. The first-order valence-electron chi connectivity index (χ1n) is 9.32. The SMILES string of the molecule is CCOC(=O)c1ccccc1C(=O)c1ccccc1CN1CCCCC1. The zero-order chi connectivity index (χ0) is 18.4. The highest BCUT2D eigenvalue weighted by atomic mass is 16.5. The van der Waals surface area contributed by atoms with Gasteiger partial charge in [0.25, 0.3) is 0 Å². The maximum atomic E-state index is 13.2. The van der Waals surface area contributed by atoms with Gasteiger partial charge >= 0.3 is 5.97 Å². The highest BCUT2D eigenvalue weighted by molar-refractivity contribution is 6.15. The Morgan fingerprint density at radius 2 is 1.50 bits per heavy atom.